The van der Waals surface area contributed by atoms with Gasteiger partial charge in [0.1, 0.15) is 18.1 Å². The van der Waals surface area contributed by atoms with Crippen molar-refractivity contribution in [2.24, 2.45) is 0 Å². The highest BCUT2D eigenvalue weighted by atomic mass is 16.5. The van der Waals surface area contributed by atoms with Crippen LogP contribution in [0.5, 0.6) is 11.5 Å². The topological polar surface area (TPSA) is 68.8 Å². The van der Waals surface area contributed by atoms with Crippen molar-refractivity contribution in [2.45, 2.75) is 51.6 Å². The van der Waals surface area contributed by atoms with E-state index in [0.29, 0.717) is 18.0 Å². The van der Waals surface area contributed by atoms with Crippen LogP contribution < -0.4 is 20.1 Å². The lowest BCUT2D eigenvalue weighted by Gasteiger charge is -2.15. The molecule has 168 valence electrons. The molecule has 0 saturated carbocycles. The lowest BCUT2D eigenvalue weighted by atomic mass is 10.2. The lowest BCUT2D eigenvalue weighted by Crippen LogP contribution is -2.22. The molecule has 1 amide bonds. The van der Waals surface area contributed by atoms with Crippen molar-refractivity contribution >= 4 is 17.3 Å². The summed E-state index contributed by atoms with van der Waals surface area (Å²) in [6.07, 6.45) is 6.97. The number of hydrogen-bond acceptors (Lipinski definition) is 5. The first-order valence-corrected chi connectivity index (χ1v) is 11.3. The van der Waals surface area contributed by atoms with Crippen LogP contribution in [-0.4, -0.2) is 38.4 Å². The molecular formula is C25H34N2O4. The number of ether oxygens (including phenoxy) is 3. The van der Waals surface area contributed by atoms with Crippen molar-refractivity contribution in [1.29, 1.82) is 0 Å². The van der Waals surface area contributed by atoms with Gasteiger partial charge in [-0.3, -0.25) is 4.79 Å². The van der Waals surface area contributed by atoms with Gasteiger partial charge in [0.2, 0.25) is 5.91 Å². The first kappa shape index (κ1) is 22.9. The Morgan fingerprint density at radius 3 is 2.68 bits per heavy atom. The van der Waals surface area contributed by atoms with Gasteiger partial charge in [-0.2, -0.15) is 0 Å². The van der Waals surface area contributed by atoms with Crippen LogP contribution in [0.3, 0.4) is 0 Å². The number of anilines is 2. The van der Waals surface area contributed by atoms with Crippen molar-refractivity contribution in [1.82, 2.24) is 0 Å². The van der Waals surface area contributed by atoms with Crippen LogP contribution in [0.25, 0.3) is 0 Å². The van der Waals surface area contributed by atoms with Crippen molar-refractivity contribution in [3.05, 3.63) is 48.5 Å². The van der Waals surface area contributed by atoms with Crippen LogP contribution in [0.1, 0.15) is 45.4 Å². The summed E-state index contributed by atoms with van der Waals surface area (Å²) < 4.78 is 17.2. The van der Waals surface area contributed by atoms with E-state index in [-0.39, 0.29) is 18.6 Å². The number of amides is 1. The van der Waals surface area contributed by atoms with E-state index in [4.69, 9.17) is 14.2 Å². The molecule has 0 spiro atoms. The average Bonchev–Trinajstić information content (AvgIpc) is 3.31. The van der Waals surface area contributed by atoms with Crippen LogP contribution in [0, 0.1) is 0 Å². The molecule has 6 heteroatoms. The Kier molecular flexibility index (Phi) is 9.51. The van der Waals surface area contributed by atoms with Gasteiger partial charge < -0.3 is 24.8 Å². The Labute approximate surface area is 185 Å². The molecule has 0 bridgehead atoms. The van der Waals surface area contributed by atoms with E-state index in [1.165, 1.54) is 19.3 Å². The number of carbonyl (C=O) groups is 1. The number of carbonyl (C=O) groups excluding carboxylic acids is 1. The maximum absolute atomic E-state index is 12.4. The number of unbranched alkanes of at least 4 members (excludes halogenated alkanes) is 3. The predicted octanol–water partition coefficient (Wildman–Crippen LogP) is 5.25. The second-order valence-corrected chi connectivity index (χ2v) is 7.78. The quantitative estimate of drug-likeness (QED) is 0.428. The molecule has 1 aliphatic heterocycles. The normalized spacial score (nSPS) is 15.5. The van der Waals surface area contributed by atoms with Gasteiger partial charge in [-0.15, -0.1) is 0 Å². The summed E-state index contributed by atoms with van der Waals surface area (Å²) in [6, 6.07) is 15.2. The van der Waals surface area contributed by atoms with Gasteiger partial charge in [0.05, 0.1) is 24.9 Å². The van der Waals surface area contributed by atoms with Crippen LogP contribution in [-0.2, 0) is 9.53 Å². The molecule has 6 nitrogen and oxygen atoms in total. The van der Waals surface area contributed by atoms with Crippen LogP contribution in [0.2, 0.25) is 0 Å². The fourth-order valence-electron chi connectivity index (χ4n) is 3.42. The van der Waals surface area contributed by atoms with Gasteiger partial charge in [0.25, 0.3) is 0 Å². The molecule has 0 aliphatic carbocycles. The van der Waals surface area contributed by atoms with Gasteiger partial charge in [-0.25, -0.2) is 0 Å². The Bertz CT molecular complexity index is 788. The standard InChI is InChI=1S/C25H34N2O4/c1-2-3-4-7-16-29-21-14-12-20(13-15-21)26-18-25(28)27-23-10-5-6-11-24(23)31-19-22-9-8-17-30-22/h5-6,10-15,22,26H,2-4,7-9,16-19H2,1H3,(H,27,28). The van der Waals surface area contributed by atoms with E-state index in [2.05, 4.69) is 17.6 Å². The molecule has 3 rings (SSSR count). The fraction of sp³-hybridized carbons (Fsp3) is 0.480. The minimum atomic E-state index is -0.135. The van der Waals surface area contributed by atoms with E-state index >= 15 is 0 Å². The third-order valence-electron chi connectivity index (χ3n) is 5.18. The summed E-state index contributed by atoms with van der Waals surface area (Å²) in [7, 11) is 0. The summed E-state index contributed by atoms with van der Waals surface area (Å²) in [5.41, 5.74) is 1.54. The molecule has 1 heterocycles. The number of hydrogen-bond donors (Lipinski definition) is 2. The highest BCUT2D eigenvalue weighted by molar-refractivity contribution is 5.95. The molecule has 2 aromatic carbocycles. The molecule has 1 atom stereocenters. The zero-order valence-corrected chi connectivity index (χ0v) is 18.4. The van der Waals surface area contributed by atoms with E-state index < -0.39 is 0 Å². The fourth-order valence-corrected chi connectivity index (χ4v) is 3.42. The summed E-state index contributed by atoms with van der Waals surface area (Å²) in [5.74, 6) is 1.38. The zero-order chi connectivity index (χ0) is 21.7. The van der Waals surface area contributed by atoms with Crippen LogP contribution in [0.4, 0.5) is 11.4 Å². The van der Waals surface area contributed by atoms with Gasteiger partial charge >= 0.3 is 0 Å². The SMILES string of the molecule is CCCCCCOc1ccc(NCC(=O)Nc2ccccc2OCC2CCCO2)cc1. The van der Waals surface area contributed by atoms with Gasteiger partial charge in [-0.1, -0.05) is 38.3 Å². The Hall–Kier alpha value is -2.73. The van der Waals surface area contributed by atoms with Gasteiger partial charge in [-0.05, 0) is 55.7 Å². The molecule has 2 aromatic rings. The number of nitrogens with one attached hydrogen (secondary N) is 2. The maximum atomic E-state index is 12.4. The first-order valence-electron chi connectivity index (χ1n) is 11.3. The number of benzene rings is 2. The molecule has 2 N–H and O–H groups in total. The molecule has 1 aliphatic rings. The van der Waals surface area contributed by atoms with Crippen molar-refractivity contribution in [3.8, 4) is 11.5 Å². The van der Waals surface area contributed by atoms with Crippen molar-refractivity contribution < 1.29 is 19.0 Å². The lowest BCUT2D eigenvalue weighted by molar-refractivity contribution is -0.114. The van der Waals surface area contributed by atoms with Crippen LogP contribution >= 0.6 is 0 Å². The summed E-state index contributed by atoms with van der Waals surface area (Å²) in [6.45, 7) is 4.40. The third-order valence-corrected chi connectivity index (χ3v) is 5.18. The third kappa shape index (κ3) is 8.13. The second kappa shape index (κ2) is 12.8. The van der Waals surface area contributed by atoms with Crippen LogP contribution in [0.15, 0.2) is 48.5 Å². The Morgan fingerprint density at radius 1 is 1.06 bits per heavy atom. The van der Waals surface area contributed by atoms with E-state index in [1.54, 1.807) is 0 Å². The largest absolute Gasteiger partial charge is 0.494 e. The monoisotopic (exact) mass is 426 g/mol. The summed E-state index contributed by atoms with van der Waals surface area (Å²) in [4.78, 5) is 12.4. The highest BCUT2D eigenvalue weighted by Crippen LogP contribution is 2.25. The Balaban J connectivity index is 1.40. The van der Waals surface area contributed by atoms with E-state index in [1.807, 2.05) is 48.5 Å². The summed E-state index contributed by atoms with van der Waals surface area (Å²) >= 11 is 0. The average molecular weight is 427 g/mol. The van der Waals surface area contributed by atoms with E-state index in [9.17, 15) is 4.79 Å². The minimum Gasteiger partial charge on any atom is -0.494 e. The molecule has 1 unspecified atom stereocenters. The zero-order valence-electron chi connectivity index (χ0n) is 18.4. The molecule has 1 fully saturated rings. The van der Waals surface area contributed by atoms with Crippen molar-refractivity contribution in [3.63, 3.8) is 0 Å². The molecule has 0 aromatic heterocycles. The molecular weight excluding hydrogens is 392 g/mol. The highest BCUT2D eigenvalue weighted by Gasteiger charge is 2.17. The molecule has 31 heavy (non-hydrogen) atoms. The number of rotatable bonds is 13. The maximum Gasteiger partial charge on any atom is 0.243 e. The van der Waals surface area contributed by atoms with E-state index in [0.717, 1.165) is 43.9 Å². The smallest absolute Gasteiger partial charge is 0.243 e. The summed E-state index contributed by atoms with van der Waals surface area (Å²) in [5, 5.41) is 6.06. The van der Waals surface area contributed by atoms with Gasteiger partial charge in [0, 0.05) is 12.3 Å². The minimum absolute atomic E-state index is 0.133. The number of para-hydroxylation sites is 2. The predicted molar refractivity (Wildman–Crippen MR) is 124 cm³/mol. The second-order valence-electron chi connectivity index (χ2n) is 7.78. The van der Waals surface area contributed by atoms with Crippen molar-refractivity contribution in [2.75, 3.05) is 37.0 Å². The Morgan fingerprint density at radius 2 is 1.90 bits per heavy atom. The van der Waals surface area contributed by atoms with Gasteiger partial charge in [0.15, 0.2) is 0 Å². The molecule has 0 radical (unpaired) electrons. The molecule has 1 saturated heterocycles. The first-order chi connectivity index (χ1) is 15.2.